The van der Waals surface area contributed by atoms with Crippen molar-refractivity contribution in [2.75, 3.05) is 0 Å². The Balaban J connectivity index is 0.000001000. The molecule has 0 aliphatic carbocycles. The lowest BCUT2D eigenvalue weighted by Crippen LogP contribution is -2.11. The van der Waals surface area contributed by atoms with Gasteiger partial charge in [0.25, 0.3) is 0 Å². The van der Waals surface area contributed by atoms with Gasteiger partial charge in [-0.3, -0.25) is 0 Å². The molecule has 0 fully saturated rings. The second kappa shape index (κ2) is 3.96. The van der Waals surface area contributed by atoms with Crippen LogP contribution in [-0.4, -0.2) is 7.85 Å². The number of halogens is 1. The molecule has 0 spiro atoms. The van der Waals surface area contributed by atoms with Gasteiger partial charge in [0, 0.05) is 0 Å². The standard InChI is InChI=1S/C9H13B.BrH/c1-6-4-7(2)9(10)8(3)5-6;/h4-5H,10H2,1-3H3;1H. The first kappa shape index (κ1) is 10.8. The Morgan fingerprint density at radius 2 is 1.36 bits per heavy atom. The van der Waals surface area contributed by atoms with Crippen molar-refractivity contribution in [2.45, 2.75) is 20.8 Å². The first-order valence-corrected chi connectivity index (χ1v) is 3.65. The van der Waals surface area contributed by atoms with Gasteiger partial charge >= 0.3 is 0 Å². The quantitative estimate of drug-likeness (QED) is 0.572. The number of aryl methyl sites for hydroxylation is 3. The third-order valence-electron chi connectivity index (χ3n) is 2.07. The molecule has 0 heterocycles. The van der Waals surface area contributed by atoms with E-state index in [1.165, 1.54) is 22.2 Å². The predicted octanol–water partition coefficient (Wildman–Crippen LogP) is 1.45. The van der Waals surface area contributed by atoms with E-state index < -0.39 is 0 Å². The predicted molar refractivity (Wildman–Crippen MR) is 59.2 cm³/mol. The fourth-order valence-electron chi connectivity index (χ4n) is 1.25. The summed E-state index contributed by atoms with van der Waals surface area (Å²) in [5.74, 6) is 0. The molecule has 0 nitrogen and oxygen atoms in total. The zero-order valence-electron chi connectivity index (χ0n) is 7.56. The van der Waals surface area contributed by atoms with E-state index in [4.69, 9.17) is 0 Å². The number of hydrogen-bond acceptors (Lipinski definition) is 0. The largest absolute Gasteiger partial charge is 0.139 e. The second-order valence-electron chi connectivity index (χ2n) is 3.02. The van der Waals surface area contributed by atoms with Crippen LogP contribution in [0.3, 0.4) is 0 Å². The molecule has 0 aromatic heterocycles. The lowest BCUT2D eigenvalue weighted by molar-refractivity contribution is 1.35. The average molecular weight is 213 g/mol. The van der Waals surface area contributed by atoms with Crippen molar-refractivity contribution in [1.29, 1.82) is 0 Å². The van der Waals surface area contributed by atoms with Gasteiger partial charge in [0.2, 0.25) is 0 Å². The van der Waals surface area contributed by atoms with Gasteiger partial charge in [-0.1, -0.05) is 34.3 Å². The average Bonchev–Trinajstić information content (AvgIpc) is 1.82. The Labute approximate surface area is 80.2 Å². The third-order valence-corrected chi connectivity index (χ3v) is 2.07. The Bertz CT molecular complexity index is 233. The van der Waals surface area contributed by atoms with E-state index >= 15 is 0 Å². The van der Waals surface area contributed by atoms with Gasteiger partial charge in [-0.25, -0.2) is 0 Å². The number of hydrogen-bond donors (Lipinski definition) is 0. The zero-order chi connectivity index (χ0) is 7.72. The van der Waals surface area contributed by atoms with Crippen molar-refractivity contribution < 1.29 is 0 Å². The van der Waals surface area contributed by atoms with E-state index in [2.05, 4.69) is 40.8 Å². The number of benzene rings is 1. The maximum Gasteiger partial charge on any atom is 0.139 e. The Morgan fingerprint density at radius 3 is 1.73 bits per heavy atom. The molecule has 1 aromatic carbocycles. The van der Waals surface area contributed by atoms with Gasteiger partial charge in [0.15, 0.2) is 0 Å². The molecule has 0 aliphatic rings. The van der Waals surface area contributed by atoms with Crippen molar-refractivity contribution in [1.82, 2.24) is 0 Å². The van der Waals surface area contributed by atoms with Gasteiger partial charge in [-0.15, -0.1) is 17.0 Å². The highest BCUT2D eigenvalue weighted by Crippen LogP contribution is 2.03. The summed E-state index contributed by atoms with van der Waals surface area (Å²) < 4.78 is 0. The molecule has 0 bridgehead atoms. The Hall–Kier alpha value is -0.235. The van der Waals surface area contributed by atoms with Gasteiger partial charge < -0.3 is 0 Å². The van der Waals surface area contributed by atoms with Crippen LogP contribution in [0.4, 0.5) is 0 Å². The third kappa shape index (κ3) is 2.37. The van der Waals surface area contributed by atoms with Crippen molar-refractivity contribution in [3.63, 3.8) is 0 Å². The van der Waals surface area contributed by atoms with Gasteiger partial charge in [0.05, 0.1) is 0 Å². The van der Waals surface area contributed by atoms with Gasteiger partial charge in [-0.05, 0) is 20.8 Å². The fourth-order valence-corrected chi connectivity index (χ4v) is 1.25. The SMILES string of the molecule is Bc1c(C)cc(C)cc1C.Br. The van der Waals surface area contributed by atoms with Crippen LogP contribution < -0.4 is 5.46 Å². The molecule has 0 unspecified atom stereocenters. The Kier molecular flexibility index (Phi) is 3.87. The minimum atomic E-state index is 0. The topological polar surface area (TPSA) is 0 Å². The van der Waals surface area contributed by atoms with Gasteiger partial charge in [0.1, 0.15) is 7.85 Å². The summed E-state index contributed by atoms with van der Waals surface area (Å²) in [7, 11) is 2.17. The maximum absolute atomic E-state index is 2.22. The zero-order valence-corrected chi connectivity index (χ0v) is 9.28. The molecule has 1 rings (SSSR count). The molecule has 2 heteroatoms. The number of rotatable bonds is 0. The highest BCUT2D eigenvalue weighted by atomic mass is 79.9. The molecular formula is C9H14BBr. The van der Waals surface area contributed by atoms with Gasteiger partial charge in [-0.2, -0.15) is 0 Å². The monoisotopic (exact) mass is 212 g/mol. The van der Waals surface area contributed by atoms with Crippen LogP contribution in [0.2, 0.25) is 0 Å². The molecule has 0 radical (unpaired) electrons. The van der Waals surface area contributed by atoms with Crippen LogP contribution in [0.25, 0.3) is 0 Å². The highest BCUT2D eigenvalue weighted by molar-refractivity contribution is 8.93. The van der Waals surface area contributed by atoms with Crippen LogP contribution in [0, 0.1) is 20.8 Å². The Morgan fingerprint density at radius 1 is 1.00 bits per heavy atom. The first-order chi connectivity index (χ1) is 4.61. The van der Waals surface area contributed by atoms with E-state index in [0.29, 0.717) is 0 Å². The van der Waals surface area contributed by atoms with Crippen LogP contribution in [-0.2, 0) is 0 Å². The summed E-state index contributed by atoms with van der Waals surface area (Å²) >= 11 is 0. The summed E-state index contributed by atoms with van der Waals surface area (Å²) in [5.41, 5.74) is 5.58. The molecule has 60 valence electrons. The normalized spacial score (nSPS) is 9.00. The minimum absolute atomic E-state index is 0. The van der Waals surface area contributed by atoms with Crippen molar-refractivity contribution in [3.8, 4) is 0 Å². The lowest BCUT2D eigenvalue weighted by atomic mass is 9.86. The smallest absolute Gasteiger partial charge is 0.114 e. The molecule has 0 aliphatic heterocycles. The lowest BCUT2D eigenvalue weighted by Gasteiger charge is -2.05. The molecule has 0 amide bonds. The minimum Gasteiger partial charge on any atom is -0.114 e. The molecule has 0 saturated heterocycles. The fraction of sp³-hybridized carbons (Fsp3) is 0.333. The van der Waals surface area contributed by atoms with Crippen molar-refractivity contribution >= 4 is 30.3 Å². The first-order valence-electron chi connectivity index (χ1n) is 3.65. The van der Waals surface area contributed by atoms with Crippen LogP contribution >= 0.6 is 17.0 Å². The maximum atomic E-state index is 2.22. The van der Waals surface area contributed by atoms with Crippen LogP contribution in [0.1, 0.15) is 16.7 Å². The van der Waals surface area contributed by atoms with E-state index in [0.717, 1.165) is 0 Å². The van der Waals surface area contributed by atoms with E-state index in [1.54, 1.807) is 0 Å². The molecule has 0 N–H and O–H groups in total. The summed E-state index contributed by atoms with van der Waals surface area (Å²) in [5, 5.41) is 0. The summed E-state index contributed by atoms with van der Waals surface area (Å²) in [6.07, 6.45) is 0. The van der Waals surface area contributed by atoms with Crippen LogP contribution in [0.5, 0.6) is 0 Å². The summed E-state index contributed by atoms with van der Waals surface area (Å²) in [4.78, 5) is 0. The summed E-state index contributed by atoms with van der Waals surface area (Å²) in [6, 6.07) is 4.45. The molecule has 11 heavy (non-hydrogen) atoms. The molecular weight excluding hydrogens is 199 g/mol. The highest BCUT2D eigenvalue weighted by Gasteiger charge is 1.95. The van der Waals surface area contributed by atoms with E-state index in [-0.39, 0.29) is 17.0 Å². The van der Waals surface area contributed by atoms with Crippen LogP contribution in [0.15, 0.2) is 12.1 Å². The second-order valence-corrected chi connectivity index (χ2v) is 3.02. The van der Waals surface area contributed by atoms with E-state index in [1.807, 2.05) is 0 Å². The molecule has 0 atom stereocenters. The van der Waals surface area contributed by atoms with Crippen molar-refractivity contribution in [2.24, 2.45) is 0 Å². The molecule has 1 aromatic rings. The summed E-state index contributed by atoms with van der Waals surface area (Å²) in [6.45, 7) is 6.46. The molecule has 0 saturated carbocycles. The van der Waals surface area contributed by atoms with Crippen molar-refractivity contribution in [3.05, 3.63) is 28.8 Å². The van der Waals surface area contributed by atoms with E-state index in [9.17, 15) is 0 Å².